The first-order chi connectivity index (χ1) is 2.81. The van der Waals surface area contributed by atoms with Gasteiger partial charge in [-0.3, -0.25) is 4.79 Å². The van der Waals surface area contributed by atoms with E-state index in [1.165, 1.54) is 0 Å². The molecule has 0 aliphatic carbocycles. The normalized spacial score (nSPS) is 6.57. The predicted octanol–water partition coefficient (Wildman–Crippen LogP) is -2.74. The van der Waals surface area contributed by atoms with Crippen LogP contribution in [0, 0.1) is 0 Å². The van der Waals surface area contributed by atoms with Gasteiger partial charge in [-0.25, -0.2) is 0 Å². The van der Waals surface area contributed by atoms with Gasteiger partial charge >= 0.3 is 51.4 Å². The number of amides is 1. The summed E-state index contributed by atoms with van der Waals surface area (Å²) in [6.45, 7) is 1.82. The maximum atomic E-state index is 10.1. The maximum absolute atomic E-state index is 10.1. The van der Waals surface area contributed by atoms with Crippen LogP contribution in [0.15, 0.2) is 0 Å². The number of hydrogen-bond donors (Lipinski definition) is 1. The molecule has 7 heavy (non-hydrogen) atoms. The molecule has 0 atom stereocenters. The van der Waals surface area contributed by atoms with Gasteiger partial charge in [-0.05, 0) is 0 Å². The average molecular weight is 127 g/mol. The van der Waals surface area contributed by atoms with E-state index in [9.17, 15) is 4.79 Å². The molecule has 0 aromatic carbocycles. The zero-order valence-corrected chi connectivity index (χ0v) is 8.24. The molecule has 0 aliphatic rings. The molecule has 0 spiro atoms. The molecule has 0 radical (unpaired) electrons. The second-order valence-electron chi connectivity index (χ2n) is 1.03. The second kappa shape index (κ2) is 7.11. The molecule has 0 rings (SSSR count). The molecule has 3 heteroatoms. The van der Waals surface area contributed by atoms with Gasteiger partial charge in [0.15, 0.2) is 0 Å². The summed E-state index contributed by atoms with van der Waals surface area (Å²) in [4.78, 5) is 10.1. The fourth-order valence-corrected chi connectivity index (χ4v) is 0.177. The monoisotopic (exact) mass is 127 g/mol. The molecule has 1 amide bonds. The average Bonchev–Trinajstić information content (AvgIpc) is 1.65. The quantitative estimate of drug-likeness (QED) is 0.380. The molecule has 0 saturated heterocycles. The number of carbonyl (C=O) groups is 1. The van der Waals surface area contributed by atoms with Crippen LogP contribution in [0.1, 0.15) is 14.8 Å². The Bertz CT molecular complexity index is 54.0. The van der Waals surface area contributed by atoms with Gasteiger partial charge in [0, 0.05) is 13.5 Å². The number of carbonyl (C=O) groups excluding carboxylic acids is 1. The molecule has 0 fully saturated rings. The number of nitrogens with one attached hydrogen (secondary N) is 1. The molecular formula is C4H10KNO. The third kappa shape index (κ3) is 7.11. The van der Waals surface area contributed by atoms with E-state index in [2.05, 4.69) is 5.32 Å². The molecule has 38 valence electrons. The summed E-state index contributed by atoms with van der Waals surface area (Å²) in [5, 5.41) is 2.48. The fraction of sp³-hybridized carbons (Fsp3) is 0.750. The predicted molar refractivity (Wildman–Crippen MR) is 25.5 cm³/mol. The second-order valence-corrected chi connectivity index (χ2v) is 1.03. The van der Waals surface area contributed by atoms with Gasteiger partial charge in [0.1, 0.15) is 0 Å². The van der Waals surface area contributed by atoms with Gasteiger partial charge in [0.2, 0.25) is 5.91 Å². The minimum absolute atomic E-state index is 0. The Balaban J connectivity index is -0.000000125. The summed E-state index contributed by atoms with van der Waals surface area (Å²) >= 11 is 0. The Kier molecular flexibility index (Phi) is 11.1. The summed E-state index contributed by atoms with van der Waals surface area (Å²) in [6, 6.07) is 0. The molecular weight excluding hydrogens is 117 g/mol. The third-order valence-electron chi connectivity index (χ3n) is 0.600. The van der Waals surface area contributed by atoms with Gasteiger partial charge in [0.25, 0.3) is 0 Å². The summed E-state index contributed by atoms with van der Waals surface area (Å²) in [7, 11) is 1.63. The molecule has 0 heterocycles. The van der Waals surface area contributed by atoms with Gasteiger partial charge in [-0.15, -0.1) is 0 Å². The first-order valence-corrected chi connectivity index (χ1v) is 2.01. The van der Waals surface area contributed by atoms with Crippen LogP contribution in [0.2, 0.25) is 0 Å². The van der Waals surface area contributed by atoms with Crippen LogP contribution < -0.4 is 56.7 Å². The Morgan fingerprint density at radius 2 is 2.29 bits per heavy atom. The molecule has 2 nitrogen and oxygen atoms in total. The maximum Gasteiger partial charge on any atom is 1.00 e. The SMILES string of the molecule is CCC(=O)NC.[H-].[K+]. The van der Waals surface area contributed by atoms with Gasteiger partial charge in [-0.2, -0.15) is 0 Å². The first kappa shape index (κ1) is 11.0. The Hall–Kier alpha value is 1.11. The number of rotatable bonds is 1. The van der Waals surface area contributed by atoms with Crippen LogP contribution in [0.4, 0.5) is 0 Å². The topological polar surface area (TPSA) is 29.1 Å². The van der Waals surface area contributed by atoms with E-state index in [4.69, 9.17) is 0 Å². The Labute approximate surface area is 88.0 Å². The van der Waals surface area contributed by atoms with Crippen LogP contribution in [0.5, 0.6) is 0 Å². The van der Waals surface area contributed by atoms with E-state index >= 15 is 0 Å². The van der Waals surface area contributed by atoms with Crippen molar-refractivity contribution in [1.29, 1.82) is 0 Å². The van der Waals surface area contributed by atoms with Crippen molar-refractivity contribution in [3.05, 3.63) is 0 Å². The molecule has 0 aromatic heterocycles. The van der Waals surface area contributed by atoms with E-state index in [-0.39, 0.29) is 58.7 Å². The van der Waals surface area contributed by atoms with Crippen molar-refractivity contribution in [3.63, 3.8) is 0 Å². The Morgan fingerprint density at radius 1 is 1.86 bits per heavy atom. The van der Waals surface area contributed by atoms with Crippen LogP contribution in [0.25, 0.3) is 0 Å². The molecule has 0 bridgehead atoms. The van der Waals surface area contributed by atoms with Crippen molar-refractivity contribution >= 4 is 5.91 Å². The largest absolute Gasteiger partial charge is 1.00 e. The van der Waals surface area contributed by atoms with E-state index in [1.807, 2.05) is 6.92 Å². The third-order valence-corrected chi connectivity index (χ3v) is 0.600. The smallest absolute Gasteiger partial charge is 1.00 e. The van der Waals surface area contributed by atoms with Crippen LogP contribution in [0.3, 0.4) is 0 Å². The van der Waals surface area contributed by atoms with E-state index in [1.54, 1.807) is 7.05 Å². The molecule has 1 N–H and O–H groups in total. The van der Waals surface area contributed by atoms with Gasteiger partial charge in [-0.1, -0.05) is 6.92 Å². The minimum atomic E-state index is 0. The summed E-state index contributed by atoms with van der Waals surface area (Å²) < 4.78 is 0. The summed E-state index contributed by atoms with van der Waals surface area (Å²) in [5.41, 5.74) is 0. The van der Waals surface area contributed by atoms with Crippen molar-refractivity contribution < 1.29 is 57.6 Å². The van der Waals surface area contributed by atoms with Crippen molar-refractivity contribution in [3.8, 4) is 0 Å². The van der Waals surface area contributed by atoms with Gasteiger partial charge < -0.3 is 6.74 Å². The standard InChI is InChI=1S/C4H9NO.K.H/c1-3-4(6)5-2;;/h3H2,1-2H3,(H,5,6);;/q;+1;-1. The van der Waals surface area contributed by atoms with Gasteiger partial charge in [0.05, 0.1) is 0 Å². The van der Waals surface area contributed by atoms with Crippen LogP contribution in [-0.4, -0.2) is 13.0 Å². The van der Waals surface area contributed by atoms with E-state index < -0.39 is 0 Å². The van der Waals surface area contributed by atoms with E-state index in [0.717, 1.165) is 0 Å². The van der Waals surface area contributed by atoms with Crippen LogP contribution >= 0.6 is 0 Å². The number of hydrogen-bond acceptors (Lipinski definition) is 1. The van der Waals surface area contributed by atoms with Crippen LogP contribution in [-0.2, 0) is 4.79 Å². The van der Waals surface area contributed by atoms with E-state index in [0.29, 0.717) is 6.42 Å². The molecule has 0 aliphatic heterocycles. The molecule has 0 aromatic rings. The zero-order chi connectivity index (χ0) is 4.99. The van der Waals surface area contributed by atoms with Crippen molar-refractivity contribution in [2.45, 2.75) is 13.3 Å². The zero-order valence-electron chi connectivity index (χ0n) is 6.12. The van der Waals surface area contributed by atoms with Crippen molar-refractivity contribution in [2.75, 3.05) is 7.05 Å². The fourth-order valence-electron chi connectivity index (χ4n) is 0.177. The molecule has 0 saturated carbocycles. The van der Waals surface area contributed by atoms with Crippen molar-refractivity contribution in [1.82, 2.24) is 5.32 Å². The Morgan fingerprint density at radius 3 is 2.29 bits per heavy atom. The van der Waals surface area contributed by atoms with Crippen molar-refractivity contribution in [2.24, 2.45) is 0 Å². The first-order valence-electron chi connectivity index (χ1n) is 2.01. The molecule has 0 unspecified atom stereocenters. The minimum Gasteiger partial charge on any atom is -1.00 e. The summed E-state index contributed by atoms with van der Waals surface area (Å²) in [5.74, 6) is 0.0926. The summed E-state index contributed by atoms with van der Waals surface area (Å²) in [6.07, 6.45) is 0.580.